The van der Waals surface area contributed by atoms with Gasteiger partial charge in [0.15, 0.2) is 10.9 Å². The third-order valence-corrected chi connectivity index (χ3v) is 5.11. The molecule has 0 radical (unpaired) electrons. The highest BCUT2D eigenvalue weighted by Gasteiger charge is 2.41. The molecule has 24 heavy (non-hydrogen) atoms. The van der Waals surface area contributed by atoms with Crippen LogP contribution in [0.3, 0.4) is 0 Å². The number of aromatic nitrogens is 1. The Morgan fingerprint density at radius 3 is 2.50 bits per heavy atom. The monoisotopic (exact) mass is 342 g/mol. The molecule has 1 saturated heterocycles. The number of carbonyl (C=O) groups excluding carboxylic acids is 3. The number of hydrogen-bond acceptors (Lipinski definition) is 5. The zero-order valence-corrected chi connectivity index (χ0v) is 14.6. The Kier molecular flexibility index (Phi) is 4.32. The van der Waals surface area contributed by atoms with E-state index >= 15 is 0 Å². The topological polar surface area (TPSA) is 67.3 Å². The fourth-order valence-electron chi connectivity index (χ4n) is 2.87. The van der Waals surface area contributed by atoms with Gasteiger partial charge in [-0.1, -0.05) is 29.8 Å². The van der Waals surface area contributed by atoms with Crippen LogP contribution in [0.5, 0.6) is 0 Å². The summed E-state index contributed by atoms with van der Waals surface area (Å²) in [7, 11) is 0. The van der Waals surface area contributed by atoms with Gasteiger partial charge in [-0.3, -0.25) is 14.4 Å². The molecule has 2 amide bonds. The molecule has 2 heterocycles. The van der Waals surface area contributed by atoms with Crippen molar-refractivity contribution in [1.82, 2.24) is 4.98 Å². The summed E-state index contributed by atoms with van der Waals surface area (Å²) in [6.07, 6.45) is 0.714. The van der Waals surface area contributed by atoms with Crippen molar-refractivity contribution < 1.29 is 14.4 Å². The van der Waals surface area contributed by atoms with Crippen LogP contribution in [-0.4, -0.2) is 22.6 Å². The van der Waals surface area contributed by atoms with Crippen LogP contribution in [0.2, 0.25) is 0 Å². The van der Waals surface area contributed by atoms with E-state index in [4.69, 9.17) is 0 Å². The van der Waals surface area contributed by atoms with Crippen LogP contribution in [0.4, 0.5) is 5.13 Å². The van der Waals surface area contributed by atoms with Gasteiger partial charge in [-0.25, -0.2) is 9.88 Å². The molecular weight excluding hydrogens is 324 g/mol. The van der Waals surface area contributed by atoms with E-state index in [-0.39, 0.29) is 29.9 Å². The molecule has 6 heteroatoms. The number of carbonyl (C=O) groups is 3. The van der Waals surface area contributed by atoms with E-state index in [2.05, 4.69) is 4.98 Å². The third-order valence-electron chi connectivity index (χ3n) is 4.15. The largest absolute Gasteiger partial charge is 0.293 e. The lowest BCUT2D eigenvalue weighted by Gasteiger charge is -2.11. The Morgan fingerprint density at radius 1 is 1.25 bits per heavy atom. The van der Waals surface area contributed by atoms with Crippen molar-refractivity contribution in [2.75, 3.05) is 4.90 Å². The van der Waals surface area contributed by atoms with E-state index < -0.39 is 0 Å². The van der Waals surface area contributed by atoms with Gasteiger partial charge >= 0.3 is 0 Å². The molecular formula is C18H18N2O3S. The van der Waals surface area contributed by atoms with Crippen molar-refractivity contribution in [1.29, 1.82) is 0 Å². The van der Waals surface area contributed by atoms with E-state index in [1.807, 2.05) is 31.2 Å². The molecule has 0 spiro atoms. The fourth-order valence-corrected chi connectivity index (χ4v) is 3.85. The number of hydrogen-bond donors (Lipinski definition) is 0. The van der Waals surface area contributed by atoms with Crippen molar-refractivity contribution >= 4 is 34.1 Å². The van der Waals surface area contributed by atoms with Crippen LogP contribution in [-0.2, 0) is 16.0 Å². The predicted octanol–water partition coefficient (Wildman–Crippen LogP) is 3.08. The molecule has 1 aliphatic rings. The van der Waals surface area contributed by atoms with Crippen molar-refractivity contribution in [2.24, 2.45) is 5.92 Å². The van der Waals surface area contributed by atoms with Crippen LogP contribution in [0.15, 0.2) is 24.3 Å². The molecule has 0 saturated carbocycles. The highest BCUT2D eigenvalue weighted by atomic mass is 32.1. The zero-order chi connectivity index (χ0) is 17.4. The zero-order valence-electron chi connectivity index (χ0n) is 13.8. The maximum atomic E-state index is 12.7. The van der Waals surface area contributed by atoms with Crippen molar-refractivity contribution in [3.8, 4) is 0 Å². The van der Waals surface area contributed by atoms with Crippen molar-refractivity contribution in [3.63, 3.8) is 0 Å². The number of amides is 2. The van der Waals surface area contributed by atoms with Gasteiger partial charge in [0, 0.05) is 18.2 Å². The van der Waals surface area contributed by atoms with Gasteiger partial charge in [0.05, 0.1) is 5.92 Å². The number of Topliss-reactive ketones (excluding diaryl/α,β-unsaturated/α-hetero) is 1. The lowest BCUT2D eigenvalue weighted by atomic mass is 9.97. The molecule has 124 valence electrons. The Bertz CT molecular complexity index is 823. The molecule has 1 aromatic carbocycles. The number of anilines is 1. The maximum absolute atomic E-state index is 12.7. The van der Waals surface area contributed by atoms with Crippen LogP contribution in [0.1, 0.15) is 39.8 Å². The third kappa shape index (κ3) is 3.01. The summed E-state index contributed by atoms with van der Waals surface area (Å²) in [4.78, 5) is 42.6. The van der Waals surface area contributed by atoms with Gasteiger partial charge in [-0.2, -0.15) is 0 Å². The summed E-state index contributed by atoms with van der Waals surface area (Å²) in [5.41, 5.74) is 2.52. The van der Waals surface area contributed by atoms with Gasteiger partial charge in [-0.15, -0.1) is 11.3 Å². The first-order valence-corrected chi connectivity index (χ1v) is 8.59. The second-order valence-corrected chi connectivity index (χ2v) is 7.30. The van der Waals surface area contributed by atoms with Crippen LogP contribution >= 0.6 is 11.3 Å². The number of rotatable bonds is 4. The van der Waals surface area contributed by atoms with Gasteiger partial charge in [0.2, 0.25) is 11.8 Å². The molecule has 2 aromatic rings. The molecule has 1 aliphatic heterocycles. The smallest absolute Gasteiger partial charge is 0.239 e. The molecule has 1 aromatic heterocycles. The molecule has 0 bridgehead atoms. The van der Waals surface area contributed by atoms with Crippen molar-refractivity contribution in [3.05, 3.63) is 46.0 Å². The van der Waals surface area contributed by atoms with Crippen LogP contribution in [0.25, 0.3) is 0 Å². The number of ketones is 1. The quantitative estimate of drug-likeness (QED) is 0.632. The molecule has 3 rings (SSSR count). The Balaban J connectivity index is 1.82. The first kappa shape index (κ1) is 16.5. The van der Waals surface area contributed by atoms with Gasteiger partial charge in [0.1, 0.15) is 5.69 Å². The highest BCUT2D eigenvalue weighted by molar-refractivity contribution is 7.16. The van der Waals surface area contributed by atoms with Crippen LogP contribution in [0, 0.1) is 19.8 Å². The van der Waals surface area contributed by atoms with Crippen LogP contribution < -0.4 is 4.90 Å². The average Bonchev–Trinajstić information content (AvgIpc) is 3.02. The van der Waals surface area contributed by atoms with E-state index in [9.17, 15) is 14.4 Å². The first-order chi connectivity index (χ1) is 11.4. The molecule has 0 unspecified atom stereocenters. The summed E-state index contributed by atoms with van der Waals surface area (Å²) < 4.78 is 0. The van der Waals surface area contributed by atoms with E-state index in [0.717, 1.165) is 20.9 Å². The lowest BCUT2D eigenvalue weighted by molar-refractivity contribution is -0.122. The SMILES string of the molecule is CC(=O)c1nc(N2C(=O)C[C@@H](Cc3ccc(C)cc3)C2=O)sc1C. The number of thiazole rings is 1. The molecule has 5 nitrogen and oxygen atoms in total. The number of nitrogens with zero attached hydrogens (tertiary/aromatic N) is 2. The van der Waals surface area contributed by atoms with Crippen molar-refractivity contribution in [2.45, 2.75) is 33.6 Å². The Morgan fingerprint density at radius 2 is 1.92 bits per heavy atom. The van der Waals surface area contributed by atoms with E-state index in [0.29, 0.717) is 17.2 Å². The summed E-state index contributed by atoms with van der Waals surface area (Å²) >= 11 is 1.21. The number of aryl methyl sites for hydroxylation is 2. The summed E-state index contributed by atoms with van der Waals surface area (Å²) in [6.45, 7) is 5.21. The Labute approximate surface area is 144 Å². The summed E-state index contributed by atoms with van der Waals surface area (Å²) in [6, 6.07) is 7.96. The van der Waals surface area contributed by atoms with Gasteiger partial charge in [0.25, 0.3) is 0 Å². The normalized spacial score (nSPS) is 17.6. The Hall–Kier alpha value is -2.34. The van der Waals surface area contributed by atoms with Gasteiger partial charge in [-0.05, 0) is 25.8 Å². The molecule has 1 atom stereocenters. The minimum atomic E-state index is -0.370. The molecule has 0 aliphatic carbocycles. The second kappa shape index (κ2) is 6.28. The van der Waals surface area contributed by atoms with Gasteiger partial charge < -0.3 is 0 Å². The number of benzene rings is 1. The minimum Gasteiger partial charge on any atom is -0.293 e. The predicted molar refractivity (Wildman–Crippen MR) is 92.3 cm³/mol. The first-order valence-electron chi connectivity index (χ1n) is 7.77. The second-order valence-electron chi connectivity index (χ2n) is 6.12. The number of imide groups is 1. The highest BCUT2D eigenvalue weighted by Crippen LogP contribution is 2.33. The summed E-state index contributed by atoms with van der Waals surface area (Å²) in [5.74, 6) is -1.01. The average molecular weight is 342 g/mol. The standard InChI is InChI=1S/C18H18N2O3S/c1-10-4-6-13(7-5-10)8-14-9-15(22)20(17(14)23)18-19-16(11(2)21)12(3)24-18/h4-7,14H,8-9H2,1-3H3/t14-/m1/s1. The van der Waals surface area contributed by atoms with E-state index in [1.165, 1.54) is 18.3 Å². The minimum absolute atomic E-state index is 0.162. The lowest BCUT2D eigenvalue weighted by Crippen LogP contribution is -2.30. The molecule has 0 N–H and O–H groups in total. The van der Waals surface area contributed by atoms with E-state index in [1.54, 1.807) is 6.92 Å². The fraction of sp³-hybridized carbons (Fsp3) is 0.333. The molecule has 1 fully saturated rings. The summed E-state index contributed by atoms with van der Waals surface area (Å²) in [5, 5.41) is 0.305. The maximum Gasteiger partial charge on any atom is 0.239 e.